The quantitative estimate of drug-likeness (QED) is 0.725. The van der Waals surface area contributed by atoms with Crippen molar-refractivity contribution in [2.75, 3.05) is 14.2 Å². The van der Waals surface area contributed by atoms with Gasteiger partial charge in [-0.05, 0) is 12.5 Å². The van der Waals surface area contributed by atoms with Gasteiger partial charge in [-0.3, -0.25) is 0 Å². The first-order valence-corrected chi connectivity index (χ1v) is 6.44. The molecule has 0 aliphatic heterocycles. The molecule has 1 rings (SSSR count). The zero-order valence-corrected chi connectivity index (χ0v) is 13.2. The highest BCUT2D eigenvalue weighted by molar-refractivity contribution is 6.37. The summed E-state index contributed by atoms with van der Waals surface area (Å²) in [5.41, 5.74) is 0.763. The molecule has 4 heteroatoms. The molecule has 0 heterocycles. The van der Waals surface area contributed by atoms with E-state index in [4.69, 9.17) is 32.7 Å². The van der Waals surface area contributed by atoms with E-state index in [1.54, 1.807) is 20.3 Å². The van der Waals surface area contributed by atoms with Crippen molar-refractivity contribution < 1.29 is 9.47 Å². The molecule has 0 N–H and O–H groups in total. The Morgan fingerprint density at radius 3 is 1.35 bits per heavy atom. The second kappa shape index (κ2) is 10.5. The fourth-order valence-corrected chi connectivity index (χ4v) is 1.51. The van der Waals surface area contributed by atoms with Crippen LogP contribution in [0.3, 0.4) is 0 Å². The minimum Gasteiger partial charge on any atom is -0.495 e. The highest BCUT2D eigenvalue weighted by Crippen LogP contribution is 2.39. The fourth-order valence-electron chi connectivity index (χ4n) is 1.01. The molecule has 0 fully saturated rings. The molecule has 0 atom stereocenters. The van der Waals surface area contributed by atoms with E-state index < -0.39 is 0 Å². The van der Waals surface area contributed by atoms with Crippen molar-refractivity contribution in [2.24, 2.45) is 0 Å². The molecule has 0 bridgehead atoms. The maximum atomic E-state index is 5.96. The summed E-state index contributed by atoms with van der Waals surface area (Å²) in [5, 5.41) is 1.04. The van der Waals surface area contributed by atoms with Gasteiger partial charge < -0.3 is 9.47 Å². The van der Waals surface area contributed by atoms with Gasteiger partial charge in [0, 0.05) is 6.07 Å². The molecular weight excluding hydrogens is 259 g/mol. The summed E-state index contributed by atoms with van der Waals surface area (Å²) in [4.78, 5) is 0. The molecule has 0 radical (unpaired) electrons. The van der Waals surface area contributed by atoms with Crippen LogP contribution >= 0.6 is 23.2 Å². The van der Waals surface area contributed by atoms with Gasteiger partial charge in [0.1, 0.15) is 11.5 Å². The maximum Gasteiger partial charge on any atom is 0.141 e. The van der Waals surface area contributed by atoms with Gasteiger partial charge in [0.05, 0.1) is 24.3 Å². The molecule has 0 aliphatic carbocycles. The lowest BCUT2D eigenvalue weighted by Gasteiger charge is -2.11. The number of rotatable bonds is 2. The summed E-state index contributed by atoms with van der Waals surface area (Å²) in [6, 6.07) is 1.66. The van der Waals surface area contributed by atoms with Gasteiger partial charge >= 0.3 is 0 Å². The molecule has 2 nitrogen and oxygen atoms in total. The second-order valence-electron chi connectivity index (χ2n) is 2.53. The van der Waals surface area contributed by atoms with Crippen LogP contribution in [0.15, 0.2) is 6.07 Å². The summed E-state index contributed by atoms with van der Waals surface area (Å²) in [7, 11) is 3.10. The van der Waals surface area contributed by atoms with Crippen molar-refractivity contribution in [2.45, 2.75) is 34.6 Å². The zero-order valence-electron chi connectivity index (χ0n) is 11.6. The SMILES string of the molecule is CC.CC.COc1cc(OC)c(Cl)c(C)c1Cl. The van der Waals surface area contributed by atoms with E-state index in [9.17, 15) is 0 Å². The van der Waals surface area contributed by atoms with Crippen LogP contribution in [0.2, 0.25) is 10.0 Å². The van der Waals surface area contributed by atoms with Crippen LogP contribution in [0.5, 0.6) is 11.5 Å². The lowest BCUT2D eigenvalue weighted by molar-refractivity contribution is 0.394. The lowest BCUT2D eigenvalue weighted by atomic mass is 10.2. The van der Waals surface area contributed by atoms with Gasteiger partial charge in [-0.1, -0.05) is 50.9 Å². The average Bonchev–Trinajstić information content (AvgIpc) is 2.41. The Kier molecular flexibility index (Phi) is 11.6. The van der Waals surface area contributed by atoms with Crippen LogP contribution in [0.4, 0.5) is 0 Å². The molecule has 0 saturated heterocycles. The molecular formula is C13H22Cl2O2. The van der Waals surface area contributed by atoms with Gasteiger partial charge in [0.15, 0.2) is 0 Å². The van der Waals surface area contributed by atoms with Crippen LogP contribution in [-0.2, 0) is 0 Å². The first-order chi connectivity index (χ1) is 8.11. The monoisotopic (exact) mass is 280 g/mol. The van der Waals surface area contributed by atoms with E-state index in [1.165, 1.54) is 0 Å². The minimum atomic E-state index is 0.522. The van der Waals surface area contributed by atoms with E-state index in [-0.39, 0.29) is 0 Å². The van der Waals surface area contributed by atoms with Crippen molar-refractivity contribution in [3.05, 3.63) is 21.7 Å². The predicted molar refractivity (Wildman–Crippen MR) is 77.0 cm³/mol. The molecule has 0 spiro atoms. The number of hydrogen-bond donors (Lipinski definition) is 0. The summed E-state index contributed by atoms with van der Waals surface area (Å²) in [6.45, 7) is 9.82. The second-order valence-corrected chi connectivity index (χ2v) is 3.29. The van der Waals surface area contributed by atoms with E-state index in [2.05, 4.69) is 0 Å². The maximum absolute atomic E-state index is 5.96. The Morgan fingerprint density at radius 1 is 0.824 bits per heavy atom. The number of ether oxygens (including phenoxy) is 2. The summed E-state index contributed by atoms with van der Waals surface area (Å²) in [5.74, 6) is 1.14. The number of hydrogen-bond acceptors (Lipinski definition) is 2. The molecule has 0 aliphatic rings. The van der Waals surface area contributed by atoms with Crippen molar-refractivity contribution in [1.82, 2.24) is 0 Å². The Hall–Kier alpha value is -0.600. The third kappa shape index (κ3) is 5.05. The highest BCUT2D eigenvalue weighted by atomic mass is 35.5. The van der Waals surface area contributed by atoms with Gasteiger partial charge in [0.2, 0.25) is 0 Å². The van der Waals surface area contributed by atoms with Crippen LogP contribution in [0.1, 0.15) is 33.3 Å². The third-order valence-electron chi connectivity index (χ3n) is 1.79. The average molecular weight is 281 g/mol. The molecule has 1 aromatic carbocycles. The Labute approximate surface area is 115 Å². The van der Waals surface area contributed by atoms with Gasteiger partial charge in [-0.2, -0.15) is 0 Å². The van der Waals surface area contributed by atoms with E-state index in [0.717, 1.165) is 5.56 Å². The van der Waals surface area contributed by atoms with Crippen LogP contribution in [0, 0.1) is 6.92 Å². The van der Waals surface area contributed by atoms with Crippen molar-refractivity contribution in [3.8, 4) is 11.5 Å². The van der Waals surface area contributed by atoms with E-state index >= 15 is 0 Å². The number of benzene rings is 1. The topological polar surface area (TPSA) is 18.5 Å². The summed E-state index contributed by atoms with van der Waals surface area (Å²) in [6.07, 6.45) is 0. The highest BCUT2D eigenvalue weighted by Gasteiger charge is 2.12. The standard InChI is InChI=1S/C9H10Cl2O2.2C2H6/c1-5-8(10)6(12-2)4-7(13-3)9(5)11;2*1-2/h4H,1-3H3;2*1-2H3. The van der Waals surface area contributed by atoms with Crippen molar-refractivity contribution in [1.29, 1.82) is 0 Å². The molecule has 0 unspecified atom stereocenters. The molecule has 17 heavy (non-hydrogen) atoms. The molecule has 1 aromatic rings. The van der Waals surface area contributed by atoms with Crippen molar-refractivity contribution >= 4 is 23.2 Å². The smallest absolute Gasteiger partial charge is 0.141 e. The summed E-state index contributed by atoms with van der Waals surface area (Å²) >= 11 is 11.9. The Bertz CT molecular complexity index is 297. The fraction of sp³-hybridized carbons (Fsp3) is 0.538. The molecule has 100 valence electrons. The summed E-state index contributed by atoms with van der Waals surface area (Å²) < 4.78 is 10.1. The number of halogens is 2. The molecule has 0 saturated carbocycles. The van der Waals surface area contributed by atoms with E-state index in [1.807, 2.05) is 34.6 Å². The minimum absolute atomic E-state index is 0.522. The van der Waals surface area contributed by atoms with Crippen LogP contribution in [-0.4, -0.2) is 14.2 Å². The number of methoxy groups -OCH3 is 2. The van der Waals surface area contributed by atoms with Crippen LogP contribution in [0.25, 0.3) is 0 Å². The van der Waals surface area contributed by atoms with Crippen molar-refractivity contribution in [3.63, 3.8) is 0 Å². The first-order valence-electron chi connectivity index (χ1n) is 5.68. The van der Waals surface area contributed by atoms with Gasteiger partial charge in [-0.15, -0.1) is 0 Å². The van der Waals surface area contributed by atoms with Gasteiger partial charge in [0.25, 0.3) is 0 Å². The Morgan fingerprint density at radius 2 is 1.12 bits per heavy atom. The third-order valence-corrected chi connectivity index (χ3v) is 2.73. The normalized spacial score (nSPS) is 8.29. The van der Waals surface area contributed by atoms with E-state index in [0.29, 0.717) is 21.5 Å². The largest absolute Gasteiger partial charge is 0.495 e. The molecule has 0 aromatic heterocycles. The van der Waals surface area contributed by atoms with Crippen LogP contribution < -0.4 is 9.47 Å². The zero-order chi connectivity index (χ0) is 14.0. The first kappa shape index (κ1) is 18.8. The lowest BCUT2D eigenvalue weighted by Crippen LogP contribution is -1.92. The molecule has 0 amide bonds. The predicted octanol–water partition coefficient (Wildman–Crippen LogP) is 5.37. The Balaban J connectivity index is 0. The van der Waals surface area contributed by atoms with Gasteiger partial charge in [-0.25, -0.2) is 0 Å².